The van der Waals surface area contributed by atoms with Gasteiger partial charge in [-0.2, -0.15) is 0 Å². The smallest absolute Gasteiger partial charge is 0.338 e. The highest BCUT2D eigenvalue weighted by molar-refractivity contribution is 6.10. The molecule has 0 unspecified atom stereocenters. The number of rotatable bonds is 6. The van der Waals surface area contributed by atoms with Crippen LogP contribution in [0.3, 0.4) is 0 Å². The largest absolute Gasteiger partial charge is 0.465 e. The van der Waals surface area contributed by atoms with E-state index in [0.29, 0.717) is 31.7 Å². The summed E-state index contributed by atoms with van der Waals surface area (Å²) in [4.78, 5) is 52.8. The van der Waals surface area contributed by atoms with Crippen molar-refractivity contribution >= 4 is 34.8 Å². The standard InChI is InChI=1S/C26H24N4O6/c1-36-26(33)19-15-18(16-21(17-19)30(34)35)24(31)27-23-10-6-5-9-22(23)25(32)29-13-11-28(12-14-29)20-7-3-2-4-8-20/h2-10,15-17H,11-14H2,1H3,(H,27,31). The van der Waals surface area contributed by atoms with Gasteiger partial charge in [0.2, 0.25) is 0 Å². The van der Waals surface area contributed by atoms with Crippen LogP contribution in [0.4, 0.5) is 17.1 Å². The number of esters is 1. The number of hydrogen-bond acceptors (Lipinski definition) is 7. The zero-order valence-electron chi connectivity index (χ0n) is 19.5. The van der Waals surface area contributed by atoms with E-state index in [4.69, 9.17) is 0 Å². The summed E-state index contributed by atoms with van der Waals surface area (Å²) >= 11 is 0. The summed E-state index contributed by atoms with van der Waals surface area (Å²) in [5, 5.41) is 14.0. The summed E-state index contributed by atoms with van der Waals surface area (Å²) in [6.45, 7) is 2.38. The molecule has 0 saturated carbocycles. The number of carbonyl (C=O) groups excluding carboxylic acids is 3. The first-order chi connectivity index (χ1) is 17.4. The van der Waals surface area contributed by atoms with Crippen molar-refractivity contribution in [2.75, 3.05) is 43.5 Å². The average Bonchev–Trinajstić information content (AvgIpc) is 2.92. The van der Waals surface area contributed by atoms with Gasteiger partial charge in [0.05, 0.1) is 28.8 Å². The number of benzene rings is 3. The van der Waals surface area contributed by atoms with Crippen molar-refractivity contribution in [3.05, 3.63) is 99.6 Å². The molecule has 1 fully saturated rings. The number of methoxy groups -OCH3 is 1. The van der Waals surface area contributed by atoms with Crippen LogP contribution >= 0.6 is 0 Å². The Kier molecular flexibility index (Phi) is 7.24. The van der Waals surface area contributed by atoms with Gasteiger partial charge in [0, 0.05) is 49.6 Å². The molecule has 4 rings (SSSR count). The van der Waals surface area contributed by atoms with Crippen molar-refractivity contribution in [2.45, 2.75) is 0 Å². The van der Waals surface area contributed by atoms with Gasteiger partial charge in [-0.05, 0) is 30.3 Å². The highest BCUT2D eigenvalue weighted by Crippen LogP contribution is 2.23. The van der Waals surface area contributed by atoms with Gasteiger partial charge in [0.1, 0.15) is 0 Å². The van der Waals surface area contributed by atoms with Crippen LogP contribution in [0.5, 0.6) is 0 Å². The van der Waals surface area contributed by atoms with E-state index in [1.807, 2.05) is 30.3 Å². The maximum atomic E-state index is 13.3. The van der Waals surface area contributed by atoms with E-state index in [1.165, 1.54) is 6.07 Å². The number of nitrogens with one attached hydrogen (secondary N) is 1. The van der Waals surface area contributed by atoms with E-state index in [-0.39, 0.29) is 22.7 Å². The lowest BCUT2D eigenvalue weighted by Crippen LogP contribution is -2.48. The Bertz CT molecular complexity index is 1300. The van der Waals surface area contributed by atoms with Crippen molar-refractivity contribution < 1.29 is 24.0 Å². The lowest BCUT2D eigenvalue weighted by molar-refractivity contribution is -0.384. The zero-order valence-corrected chi connectivity index (χ0v) is 19.5. The van der Waals surface area contributed by atoms with E-state index >= 15 is 0 Å². The van der Waals surface area contributed by atoms with Crippen LogP contribution in [0.25, 0.3) is 0 Å². The fraction of sp³-hybridized carbons (Fsp3) is 0.192. The summed E-state index contributed by atoms with van der Waals surface area (Å²) in [6.07, 6.45) is 0. The Morgan fingerprint density at radius 2 is 1.53 bits per heavy atom. The molecule has 36 heavy (non-hydrogen) atoms. The Hall–Kier alpha value is -4.73. The molecule has 1 heterocycles. The molecule has 2 amide bonds. The first kappa shape index (κ1) is 24.4. The third-order valence-electron chi connectivity index (χ3n) is 5.91. The molecule has 0 aromatic heterocycles. The second-order valence-corrected chi connectivity index (χ2v) is 8.13. The summed E-state index contributed by atoms with van der Waals surface area (Å²) < 4.78 is 4.63. The number of amides is 2. The van der Waals surface area contributed by atoms with Crippen LogP contribution in [-0.4, -0.2) is 60.9 Å². The Morgan fingerprint density at radius 3 is 2.19 bits per heavy atom. The van der Waals surface area contributed by atoms with Crippen LogP contribution in [0.2, 0.25) is 0 Å². The molecule has 1 aliphatic heterocycles. The SMILES string of the molecule is COC(=O)c1cc(C(=O)Nc2ccccc2C(=O)N2CCN(c3ccccc3)CC2)cc([N+](=O)[O-])c1. The molecule has 3 aromatic rings. The van der Waals surface area contributed by atoms with Gasteiger partial charge in [-0.3, -0.25) is 19.7 Å². The lowest BCUT2D eigenvalue weighted by Gasteiger charge is -2.36. The van der Waals surface area contributed by atoms with Crippen molar-refractivity contribution in [1.82, 2.24) is 4.90 Å². The molecule has 10 nitrogen and oxygen atoms in total. The number of ether oxygens (including phenoxy) is 1. The maximum absolute atomic E-state index is 13.3. The van der Waals surface area contributed by atoms with E-state index < -0.39 is 22.5 Å². The van der Waals surface area contributed by atoms with Gasteiger partial charge in [-0.15, -0.1) is 0 Å². The number of non-ortho nitro benzene ring substituents is 1. The molecule has 0 aliphatic carbocycles. The topological polar surface area (TPSA) is 122 Å². The highest BCUT2D eigenvalue weighted by Gasteiger charge is 2.25. The molecular weight excluding hydrogens is 464 g/mol. The lowest BCUT2D eigenvalue weighted by atomic mass is 10.1. The van der Waals surface area contributed by atoms with Gasteiger partial charge in [-0.1, -0.05) is 30.3 Å². The van der Waals surface area contributed by atoms with Crippen LogP contribution in [0, 0.1) is 10.1 Å². The molecular formula is C26H24N4O6. The van der Waals surface area contributed by atoms with Crippen molar-refractivity contribution in [3.8, 4) is 0 Å². The van der Waals surface area contributed by atoms with Crippen LogP contribution < -0.4 is 10.2 Å². The first-order valence-electron chi connectivity index (χ1n) is 11.2. The number of hydrogen-bond donors (Lipinski definition) is 1. The van der Waals surface area contributed by atoms with Gasteiger partial charge in [0.15, 0.2) is 0 Å². The van der Waals surface area contributed by atoms with E-state index in [0.717, 1.165) is 24.9 Å². The third kappa shape index (κ3) is 5.33. The summed E-state index contributed by atoms with van der Waals surface area (Å²) in [6, 6.07) is 19.9. The van der Waals surface area contributed by atoms with Crippen molar-refractivity contribution in [3.63, 3.8) is 0 Å². The minimum Gasteiger partial charge on any atom is -0.465 e. The van der Waals surface area contributed by atoms with E-state index in [9.17, 15) is 24.5 Å². The number of anilines is 2. The highest BCUT2D eigenvalue weighted by atomic mass is 16.6. The van der Waals surface area contributed by atoms with Crippen LogP contribution in [-0.2, 0) is 4.74 Å². The molecule has 0 atom stereocenters. The predicted octanol–water partition coefficient (Wildman–Crippen LogP) is 3.60. The molecule has 1 aliphatic rings. The Labute approximate surface area is 207 Å². The number of nitro groups is 1. The van der Waals surface area contributed by atoms with Crippen LogP contribution in [0.15, 0.2) is 72.8 Å². The quantitative estimate of drug-likeness (QED) is 0.320. The molecule has 3 aromatic carbocycles. The Balaban J connectivity index is 1.51. The molecule has 0 bridgehead atoms. The van der Waals surface area contributed by atoms with Crippen molar-refractivity contribution in [2.24, 2.45) is 0 Å². The van der Waals surface area contributed by atoms with Crippen LogP contribution in [0.1, 0.15) is 31.1 Å². The van der Waals surface area contributed by atoms with Gasteiger partial charge < -0.3 is 19.9 Å². The third-order valence-corrected chi connectivity index (χ3v) is 5.91. The van der Waals surface area contributed by atoms with E-state index in [2.05, 4.69) is 15.0 Å². The minimum absolute atomic E-state index is 0.108. The average molecular weight is 489 g/mol. The van der Waals surface area contributed by atoms with Crippen molar-refractivity contribution in [1.29, 1.82) is 0 Å². The number of nitro benzene ring substituents is 1. The fourth-order valence-electron chi connectivity index (χ4n) is 4.03. The summed E-state index contributed by atoms with van der Waals surface area (Å²) in [5.74, 6) is -1.73. The molecule has 0 radical (unpaired) electrons. The first-order valence-corrected chi connectivity index (χ1v) is 11.2. The summed E-state index contributed by atoms with van der Waals surface area (Å²) in [7, 11) is 1.14. The summed E-state index contributed by atoms with van der Waals surface area (Å²) in [5.41, 5.74) is 1.01. The molecule has 184 valence electrons. The maximum Gasteiger partial charge on any atom is 0.338 e. The number of piperazine rings is 1. The molecule has 1 saturated heterocycles. The Morgan fingerprint density at radius 1 is 0.889 bits per heavy atom. The predicted molar refractivity (Wildman–Crippen MR) is 133 cm³/mol. The van der Waals surface area contributed by atoms with Gasteiger partial charge in [-0.25, -0.2) is 4.79 Å². The molecule has 1 N–H and O–H groups in total. The van der Waals surface area contributed by atoms with Gasteiger partial charge in [0.25, 0.3) is 17.5 Å². The normalized spacial score (nSPS) is 13.1. The minimum atomic E-state index is -0.807. The fourth-order valence-corrected chi connectivity index (χ4v) is 4.03. The molecule has 0 spiro atoms. The second-order valence-electron chi connectivity index (χ2n) is 8.13. The van der Waals surface area contributed by atoms with E-state index in [1.54, 1.807) is 29.2 Å². The monoisotopic (exact) mass is 488 g/mol. The molecule has 10 heteroatoms. The zero-order chi connectivity index (χ0) is 25.7. The second kappa shape index (κ2) is 10.7. The van der Waals surface area contributed by atoms with Gasteiger partial charge >= 0.3 is 5.97 Å². The number of nitrogens with zero attached hydrogens (tertiary/aromatic N) is 3. The number of para-hydroxylation sites is 2. The number of carbonyl (C=O) groups is 3.